The first-order chi connectivity index (χ1) is 7.83. The minimum Gasteiger partial charge on any atom is -0.495 e. The molecule has 2 unspecified atom stereocenters. The monoisotopic (exact) mass is 236 g/mol. The van der Waals surface area contributed by atoms with Crippen LogP contribution in [0.4, 0.5) is 0 Å². The van der Waals surface area contributed by atoms with Gasteiger partial charge in [-0.3, -0.25) is 4.79 Å². The molecule has 0 spiro atoms. The molecule has 1 heterocycles. The molecule has 2 aliphatic rings. The Balaban J connectivity index is 1.79. The van der Waals surface area contributed by atoms with E-state index < -0.39 is 0 Å². The number of rotatable bonds is 3. The van der Waals surface area contributed by atoms with E-state index in [0.29, 0.717) is 23.5 Å². The molecule has 0 N–H and O–H groups in total. The van der Waals surface area contributed by atoms with Crippen LogP contribution in [0, 0.1) is 17.8 Å². The maximum Gasteiger partial charge on any atom is 0.180 e. The summed E-state index contributed by atoms with van der Waals surface area (Å²) in [6.07, 6.45) is 5.14. The largest absolute Gasteiger partial charge is 0.495 e. The first-order valence-electron chi connectivity index (χ1n) is 5.98. The summed E-state index contributed by atoms with van der Waals surface area (Å²) in [6, 6.07) is 1.89. The second-order valence-corrected chi connectivity index (χ2v) is 5.74. The number of hydrogen-bond acceptors (Lipinski definition) is 3. The van der Waals surface area contributed by atoms with E-state index >= 15 is 0 Å². The van der Waals surface area contributed by atoms with Crippen LogP contribution in [-0.4, -0.2) is 12.9 Å². The van der Waals surface area contributed by atoms with Crippen LogP contribution >= 0.6 is 11.3 Å². The molecule has 0 amide bonds. The Kier molecular flexibility index (Phi) is 2.51. The molecular weight excluding hydrogens is 220 g/mol. The van der Waals surface area contributed by atoms with Crippen LogP contribution in [0.1, 0.15) is 35.4 Å². The zero-order valence-corrected chi connectivity index (χ0v) is 10.3. The summed E-state index contributed by atoms with van der Waals surface area (Å²) >= 11 is 1.52. The zero-order chi connectivity index (χ0) is 11.1. The van der Waals surface area contributed by atoms with Gasteiger partial charge in [-0.15, -0.1) is 11.3 Å². The molecule has 2 aliphatic carbocycles. The summed E-state index contributed by atoms with van der Waals surface area (Å²) < 4.78 is 5.23. The van der Waals surface area contributed by atoms with Crippen LogP contribution in [0.3, 0.4) is 0 Å². The maximum absolute atomic E-state index is 12.3. The predicted octanol–water partition coefficient (Wildman–Crippen LogP) is 3.38. The first kappa shape index (κ1) is 10.3. The van der Waals surface area contributed by atoms with Crippen molar-refractivity contribution in [3.05, 3.63) is 16.3 Å². The minimum atomic E-state index is 0.315. The van der Waals surface area contributed by atoms with Crippen molar-refractivity contribution in [3.8, 4) is 5.75 Å². The number of methoxy groups -OCH3 is 1. The Hall–Kier alpha value is -0.830. The van der Waals surface area contributed by atoms with Crippen LogP contribution < -0.4 is 4.74 Å². The third-order valence-corrected chi connectivity index (χ3v) is 4.94. The van der Waals surface area contributed by atoms with Crippen LogP contribution in [0.15, 0.2) is 11.4 Å². The highest BCUT2D eigenvalue weighted by Gasteiger charge is 2.55. The Labute approximate surface area is 99.6 Å². The summed E-state index contributed by atoms with van der Waals surface area (Å²) in [5.74, 6) is 2.79. The number of fused-ring (bicyclic) bond motifs is 1. The van der Waals surface area contributed by atoms with Gasteiger partial charge >= 0.3 is 0 Å². The van der Waals surface area contributed by atoms with Crippen molar-refractivity contribution < 1.29 is 9.53 Å². The number of hydrogen-bond donors (Lipinski definition) is 0. The van der Waals surface area contributed by atoms with Gasteiger partial charge in [-0.1, -0.05) is 12.8 Å². The average Bonchev–Trinajstić information content (AvgIpc) is 2.84. The maximum atomic E-state index is 12.3. The molecule has 86 valence electrons. The molecule has 0 aromatic carbocycles. The van der Waals surface area contributed by atoms with E-state index in [1.807, 2.05) is 11.4 Å². The Morgan fingerprint density at radius 2 is 2.06 bits per heavy atom. The molecule has 0 saturated heterocycles. The van der Waals surface area contributed by atoms with Crippen LogP contribution in [-0.2, 0) is 0 Å². The number of carbonyl (C=O) groups excluding carboxylic acids is 1. The van der Waals surface area contributed by atoms with E-state index in [-0.39, 0.29) is 0 Å². The van der Waals surface area contributed by atoms with Gasteiger partial charge in [0.05, 0.1) is 7.11 Å². The Morgan fingerprint density at radius 1 is 1.38 bits per heavy atom. The summed E-state index contributed by atoms with van der Waals surface area (Å²) in [5, 5.41) is 1.94. The van der Waals surface area contributed by atoms with Crippen molar-refractivity contribution in [2.45, 2.75) is 25.7 Å². The summed E-state index contributed by atoms with van der Waals surface area (Å²) in [6.45, 7) is 0. The summed E-state index contributed by atoms with van der Waals surface area (Å²) in [7, 11) is 1.64. The van der Waals surface area contributed by atoms with E-state index in [4.69, 9.17) is 4.74 Å². The number of ketones is 1. The van der Waals surface area contributed by atoms with Crippen LogP contribution in [0.2, 0.25) is 0 Å². The lowest BCUT2D eigenvalue weighted by Crippen LogP contribution is -2.03. The van der Waals surface area contributed by atoms with Crippen molar-refractivity contribution in [2.24, 2.45) is 17.8 Å². The topological polar surface area (TPSA) is 26.3 Å². The van der Waals surface area contributed by atoms with Crippen molar-refractivity contribution in [1.82, 2.24) is 0 Å². The summed E-state index contributed by atoms with van der Waals surface area (Å²) in [4.78, 5) is 13.2. The highest BCUT2D eigenvalue weighted by molar-refractivity contribution is 7.12. The molecule has 1 aromatic rings. The fourth-order valence-corrected chi connectivity index (χ4v) is 4.02. The van der Waals surface area contributed by atoms with Crippen molar-refractivity contribution >= 4 is 17.1 Å². The van der Waals surface area contributed by atoms with E-state index in [2.05, 4.69) is 0 Å². The van der Waals surface area contributed by atoms with Gasteiger partial charge in [-0.05, 0) is 36.1 Å². The van der Waals surface area contributed by atoms with Crippen molar-refractivity contribution in [3.63, 3.8) is 0 Å². The highest BCUT2D eigenvalue weighted by atomic mass is 32.1. The van der Waals surface area contributed by atoms with Gasteiger partial charge in [-0.25, -0.2) is 0 Å². The van der Waals surface area contributed by atoms with Crippen LogP contribution in [0.5, 0.6) is 5.75 Å². The lowest BCUT2D eigenvalue weighted by molar-refractivity contribution is 0.0957. The quantitative estimate of drug-likeness (QED) is 0.752. The molecule has 0 radical (unpaired) electrons. The third-order valence-electron chi connectivity index (χ3n) is 4.03. The van der Waals surface area contributed by atoms with Crippen molar-refractivity contribution in [1.29, 1.82) is 0 Å². The van der Waals surface area contributed by atoms with E-state index in [1.165, 1.54) is 37.0 Å². The van der Waals surface area contributed by atoms with Gasteiger partial charge in [0.2, 0.25) is 0 Å². The lowest BCUT2D eigenvalue weighted by Gasteiger charge is -2.04. The fourth-order valence-electron chi connectivity index (χ4n) is 3.17. The Morgan fingerprint density at radius 3 is 2.69 bits per heavy atom. The van der Waals surface area contributed by atoms with E-state index in [9.17, 15) is 4.79 Å². The molecule has 3 rings (SSSR count). The van der Waals surface area contributed by atoms with Crippen molar-refractivity contribution in [2.75, 3.05) is 7.11 Å². The molecule has 2 fully saturated rings. The molecule has 0 bridgehead atoms. The number of Topliss-reactive ketones (excluding diaryl/α,β-unsaturated/α-hetero) is 1. The average molecular weight is 236 g/mol. The van der Waals surface area contributed by atoms with Gasteiger partial charge < -0.3 is 4.74 Å². The lowest BCUT2D eigenvalue weighted by atomic mass is 10.0. The van der Waals surface area contributed by atoms with Gasteiger partial charge in [0.25, 0.3) is 0 Å². The zero-order valence-electron chi connectivity index (χ0n) is 9.44. The van der Waals surface area contributed by atoms with Gasteiger partial charge in [0.1, 0.15) is 10.6 Å². The highest BCUT2D eigenvalue weighted by Crippen LogP contribution is 2.57. The normalized spacial score (nSPS) is 31.9. The standard InChI is InChI=1S/C13H16O2S/c1-15-10-6-7-16-13(10)12(14)11-8-4-2-3-5-9(8)11/h6-9,11H,2-5H2,1H3. The van der Waals surface area contributed by atoms with E-state index in [0.717, 1.165) is 10.6 Å². The smallest absolute Gasteiger partial charge is 0.180 e. The molecule has 3 heteroatoms. The number of thiophene rings is 1. The third kappa shape index (κ3) is 1.49. The first-order valence-corrected chi connectivity index (χ1v) is 6.86. The van der Waals surface area contributed by atoms with Gasteiger partial charge in [-0.2, -0.15) is 0 Å². The molecule has 2 atom stereocenters. The molecule has 2 nitrogen and oxygen atoms in total. The second kappa shape index (κ2) is 3.88. The fraction of sp³-hybridized carbons (Fsp3) is 0.615. The molecule has 2 saturated carbocycles. The number of carbonyl (C=O) groups is 1. The van der Waals surface area contributed by atoms with Gasteiger partial charge in [0.15, 0.2) is 5.78 Å². The summed E-state index contributed by atoms with van der Waals surface area (Å²) in [5.41, 5.74) is 0. The number of ether oxygens (including phenoxy) is 1. The molecule has 16 heavy (non-hydrogen) atoms. The van der Waals surface area contributed by atoms with Gasteiger partial charge in [0, 0.05) is 5.92 Å². The second-order valence-electron chi connectivity index (χ2n) is 4.82. The molecule has 1 aromatic heterocycles. The SMILES string of the molecule is COc1ccsc1C(=O)C1C2CCCCC21. The van der Waals surface area contributed by atoms with Crippen LogP contribution in [0.25, 0.3) is 0 Å². The molecular formula is C13H16O2S. The predicted molar refractivity (Wildman–Crippen MR) is 64.1 cm³/mol. The minimum absolute atomic E-state index is 0.315. The molecule has 0 aliphatic heterocycles. The Bertz CT molecular complexity index is 398. The van der Waals surface area contributed by atoms with E-state index in [1.54, 1.807) is 7.11 Å².